The Kier molecular flexibility index (Phi) is 14.3. The first-order valence-corrected chi connectivity index (χ1v) is 7.02. The highest BCUT2D eigenvalue weighted by Crippen LogP contribution is 1.98. The first kappa shape index (κ1) is 20.7. The topological polar surface area (TPSA) is 52.6 Å². The van der Waals surface area contributed by atoms with Gasteiger partial charge in [-0.15, -0.1) is 0 Å². The summed E-state index contributed by atoms with van der Waals surface area (Å²) >= 11 is 0. The van der Waals surface area contributed by atoms with Gasteiger partial charge in [-0.05, 0) is 26.7 Å². The molecule has 0 aliphatic carbocycles. The summed E-state index contributed by atoms with van der Waals surface area (Å²) in [6.45, 7) is 15.1. The second-order valence-corrected chi connectivity index (χ2v) is 4.54. The number of rotatable bonds is 8. The standard InChI is InChI=1S/C12H18O4.C4H10/c1-9(2)11(13)15-7-5-6-8-16-12(14)10(3)4;1-3-4-2/h1,3,5-8H2,2,4H3;3-4H2,1-2H3. The van der Waals surface area contributed by atoms with E-state index in [1.54, 1.807) is 13.8 Å². The van der Waals surface area contributed by atoms with E-state index in [4.69, 9.17) is 9.47 Å². The van der Waals surface area contributed by atoms with Gasteiger partial charge in [-0.2, -0.15) is 0 Å². The predicted molar refractivity (Wildman–Crippen MR) is 81.4 cm³/mol. The maximum absolute atomic E-state index is 11.0. The van der Waals surface area contributed by atoms with Crippen molar-refractivity contribution < 1.29 is 19.1 Å². The van der Waals surface area contributed by atoms with E-state index in [0.717, 1.165) is 0 Å². The molecular weight excluding hydrogens is 256 g/mol. The first-order valence-electron chi connectivity index (χ1n) is 7.02. The Balaban J connectivity index is 0. The summed E-state index contributed by atoms with van der Waals surface area (Å²) in [4.78, 5) is 21.9. The lowest BCUT2D eigenvalue weighted by Gasteiger charge is -2.05. The van der Waals surface area contributed by atoms with Gasteiger partial charge in [-0.25, -0.2) is 9.59 Å². The SMILES string of the molecule is C=C(C)C(=O)OCCCCOC(=O)C(=C)C.CCCC. The Bertz CT molecular complexity index is 286. The summed E-state index contributed by atoms with van der Waals surface area (Å²) in [5.74, 6) is -0.780. The number of carbonyl (C=O) groups excluding carboxylic acids is 2. The number of carbonyl (C=O) groups is 2. The molecule has 0 bridgehead atoms. The highest BCUT2D eigenvalue weighted by atomic mass is 16.5. The minimum atomic E-state index is -0.390. The molecule has 0 atom stereocenters. The van der Waals surface area contributed by atoms with Crippen LogP contribution in [0.15, 0.2) is 24.3 Å². The van der Waals surface area contributed by atoms with Crippen molar-refractivity contribution in [3.8, 4) is 0 Å². The van der Waals surface area contributed by atoms with Crippen molar-refractivity contribution in [1.82, 2.24) is 0 Å². The number of ether oxygens (including phenoxy) is 2. The van der Waals surface area contributed by atoms with Gasteiger partial charge >= 0.3 is 11.9 Å². The van der Waals surface area contributed by atoms with Crippen molar-refractivity contribution in [3.05, 3.63) is 24.3 Å². The van der Waals surface area contributed by atoms with Crippen LogP contribution in [0.1, 0.15) is 53.4 Å². The fraction of sp³-hybridized carbons (Fsp3) is 0.625. The molecule has 0 aliphatic heterocycles. The summed E-state index contributed by atoms with van der Waals surface area (Å²) in [5, 5.41) is 0. The molecule has 0 saturated heterocycles. The highest BCUT2D eigenvalue weighted by Gasteiger charge is 2.03. The Labute approximate surface area is 122 Å². The van der Waals surface area contributed by atoms with E-state index < -0.39 is 0 Å². The van der Waals surface area contributed by atoms with Crippen LogP contribution in [0, 0.1) is 0 Å². The van der Waals surface area contributed by atoms with Crippen molar-refractivity contribution in [1.29, 1.82) is 0 Å². The number of hydrogen-bond donors (Lipinski definition) is 0. The van der Waals surface area contributed by atoms with Gasteiger partial charge in [-0.1, -0.05) is 39.8 Å². The molecule has 0 fully saturated rings. The van der Waals surface area contributed by atoms with Gasteiger partial charge in [0, 0.05) is 11.1 Å². The van der Waals surface area contributed by atoms with Crippen molar-refractivity contribution in [2.45, 2.75) is 53.4 Å². The van der Waals surface area contributed by atoms with Gasteiger partial charge in [0.05, 0.1) is 13.2 Å². The molecule has 0 aliphatic rings. The molecule has 0 unspecified atom stereocenters. The van der Waals surface area contributed by atoms with Gasteiger partial charge in [-0.3, -0.25) is 0 Å². The number of hydrogen-bond acceptors (Lipinski definition) is 4. The third kappa shape index (κ3) is 14.5. The van der Waals surface area contributed by atoms with Crippen molar-refractivity contribution >= 4 is 11.9 Å². The lowest BCUT2D eigenvalue weighted by atomic mass is 10.3. The fourth-order valence-electron chi connectivity index (χ4n) is 0.780. The minimum Gasteiger partial charge on any atom is -0.462 e. The average Bonchev–Trinajstić information content (AvgIpc) is 2.41. The zero-order chi connectivity index (χ0) is 16.0. The molecule has 0 amide bonds. The van der Waals surface area contributed by atoms with Crippen LogP contribution in [0.4, 0.5) is 0 Å². The molecule has 0 aromatic rings. The van der Waals surface area contributed by atoms with E-state index in [-0.39, 0.29) is 11.9 Å². The molecule has 0 radical (unpaired) electrons. The molecule has 0 N–H and O–H groups in total. The molecular formula is C16H28O4. The zero-order valence-electron chi connectivity index (χ0n) is 13.3. The molecule has 0 aromatic carbocycles. The quantitative estimate of drug-likeness (QED) is 0.386. The van der Waals surface area contributed by atoms with Crippen LogP contribution in [-0.4, -0.2) is 25.2 Å². The van der Waals surface area contributed by atoms with E-state index in [1.807, 2.05) is 0 Å². The van der Waals surface area contributed by atoms with Crippen molar-refractivity contribution in [2.24, 2.45) is 0 Å². The highest BCUT2D eigenvalue weighted by molar-refractivity contribution is 5.87. The lowest BCUT2D eigenvalue weighted by molar-refractivity contribution is -0.141. The van der Waals surface area contributed by atoms with Gasteiger partial charge in [0.1, 0.15) is 0 Å². The molecule has 4 nitrogen and oxygen atoms in total. The van der Waals surface area contributed by atoms with Crippen LogP contribution in [0.3, 0.4) is 0 Å². The van der Waals surface area contributed by atoms with Gasteiger partial charge in [0.15, 0.2) is 0 Å². The summed E-state index contributed by atoms with van der Waals surface area (Å²) in [7, 11) is 0. The Morgan fingerprint density at radius 1 is 0.800 bits per heavy atom. The molecule has 0 aromatic heterocycles. The van der Waals surface area contributed by atoms with Crippen molar-refractivity contribution in [3.63, 3.8) is 0 Å². The van der Waals surface area contributed by atoms with E-state index in [1.165, 1.54) is 12.8 Å². The van der Waals surface area contributed by atoms with Crippen LogP contribution in [0.25, 0.3) is 0 Å². The smallest absolute Gasteiger partial charge is 0.333 e. The third-order valence-corrected chi connectivity index (χ3v) is 2.20. The molecule has 0 saturated carbocycles. The second-order valence-electron chi connectivity index (χ2n) is 4.54. The van der Waals surface area contributed by atoms with Crippen LogP contribution in [-0.2, 0) is 19.1 Å². The molecule has 0 rings (SSSR count). The van der Waals surface area contributed by atoms with E-state index in [9.17, 15) is 9.59 Å². The fourth-order valence-corrected chi connectivity index (χ4v) is 0.780. The van der Waals surface area contributed by atoms with E-state index in [0.29, 0.717) is 37.2 Å². The summed E-state index contributed by atoms with van der Waals surface area (Å²) in [5.41, 5.74) is 0.766. The van der Waals surface area contributed by atoms with Gasteiger partial charge in [0.25, 0.3) is 0 Å². The molecule has 4 heteroatoms. The largest absolute Gasteiger partial charge is 0.462 e. The van der Waals surface area contributed by atoms with Crippen LogP contribution < -0.4 is 0 Å². The maximum atomic E-state index is 11.0. The molecule has 116 valence electrons. The summed E-state index contributed by atoms with van der Waals surface area (Å²) in [6, 6.07) is 0. The average molecular weight is 284 g/mol. The Hall–Kier alpha value is -1.58. The lowest BCUT2D eigenvalue weighted by Crippen LogP contribution is -2.09. The van der Waals surface area contributed by atoms with E-state index in [2.05, 4.69) is 27.0 Å². The van der Waals surface area contributed by atoms with E-state index >= 15 is 0 Å². The van der Waals surface area contributed by atoms with Crippen molar-refractivity contribution in [2.75, 3.05) is 13.2 Å². The zero-order valence-corrected chi connectivity index (χ0v) is 13.3. The van der Waals surface area contributed by atoms with Crippen LogP contribution in [0.5, 0.6) is 0 Å². The minimum absolute atomic E-state index is 0.316. The number of esters is 2. The van der Waals surface area contributed by atoms with Gasteiger partial charge in [0.2, 0.25) is 0 Å². The predicted octanol–water partition coefficient (Wildman–Crippen LogP) is 3.81. The monoisotopic (exact) mass is 284 g/mol. The van der Waals surface area contributed by atoms with Crippen LogP contribution >= 0.6 is 0 Å². The Morgan fingerprint density at radius 2 is 1.10 bits per heavy atom. The van der Waals surface area contributed by atoms with Crippen LogP contribution in [0.2, 0.25) is 0 Å². The molecule has 20 heavy (non-hydrogen) atoms. The third-order valence-electron chi connectivity index (χ3n) is 2.20. The Morgan fingerprint density at radius 3 is 1.30 bits per heavy atom. The normalized spacial score (nSPS) is 9.00. The maximum Gasteiger partial charge on any atom is 0.333 e. The first-order chi connectivity index (χ1) is 9.36. The number of unbranched alkanes of at least 4 members (excludes halogenated alkanes) is 2. The second kappa shape index (κ2) is 13.8. The summed E-state index contributed by atoms with van der Waals surface area (Å²) < 4.78 is 9.72. The van der Waals surface area contributed by atoms with Gasteiger partial charge < -0.3 is 9.47 Å². The molecule has 0 heterocycles. The molecule has 0 spiro atoms. The summed E-state index contributed by atoms with van der Waals surface area (Å²) in [6.07, 6.45) is 3.95.